The standard InChI is InChI=1S/C33H34/c1-30-21-31(23-11-5-2-6-12-23)19-28-26(30)17-32(24-13-7-3-8-14-24)18-27(30)29(20-31)33(28,22-32)25-15-9-4-10-16-25/h2-16,26-29H,17-22H2,1H3. The molecule has 7 aliphatic carbocycles. The average Bonchev–Trinajstić information content (AvgIpc) is 2.88. The van der Waals surface area contributed by atoms with E-state index < -0.39 is 0 Å². The Balaban J connectivity index is 1.36. The second kappa shape index (κ2) is 6.01. The fraction of sp³-hybridized carbons (Fsp3) is 0.455. The second-order valence-corrected chi connectivity index (χ2v) is 12.8. The lowest BCUT2D eigenvalue weighted by molar-refractivity contribution is -0.278. The molecule has 3 aromatic rings. The minimum absolute atomic E-state index is 0.362. The summed E-state index contributed by atoms with van der Waals surface area (Å²) in [5, 5.41) is 0. The molecule has 0 spiro atoms. The molecule has 0 saturated heterocycles. The second-order valence-electron chi connectivity index (χ2n) is 12.8. The summed E-state index contributed by atoms with van der Waals surface area (Å²) in [4.78, 5) is 0. The number of benzene rings is 3. The summed E-state index contributed by atoms with van der Waals surface area (Å²) >= 11 is 0. The molecular weight excluding hydrogens is 396 g/mol. The molecule has 166 valence electrons. The van der Waals surface area contributed by atoms with Crippen LogP contribution in [-0.2, 0) is 16.2 Å². The fourth-order valence-electron chi connectivity index (χ4n) is 11.1. The first-order valence-corrected chi connectivity index (χ1v) is 13.3. The molecule has 0 aliphatic heterocycles. The van der Waals surface area contributed by atoms with Crippen molar-refractivity contribution in [3.05, 3.63) is 108 Å². The maximum Gasteiger partial charge on any atom is 0.00242 e. The van der Waals surface area contributed by atoms with Crippen LogP contribution in [0, 0.1) is 29.1 Å². The predicted octanol–water partition coefficient (Wildman–Crippen LogP) is 7.68. The normalized spacial score (nSPS) is 46.1. The van der Waals surface area contributed by atoms with Crippen molar-refractivity contribution in [2.24, 2.45) is 29.1 Å². The van der Waals surface area contributed by atoms with E-state index in [1.54, 1.807) is 16.7 Å². The molecule has 33 heavy (non-hydrogen) atoms. The van der Waals surface area contributed by atoms with E-state index >= 15 is 0 Å². The van der Waals surface area contributed by atoms with Gasteiger partial charge in [0.1, 0.15) is 0 Å². The zero-order valence-corrected chi connectivity index (χ0v) is 19.7. The van der Waals surface area contributed by atoms with E-state index in [9.17, 15) is 0 Å². The first-order valence-electron chi connectivity index (χ1n) is 13.3. The molecular formula is C33H34. The minimum Gasteiger partial charge on any atom is -0.0622 e. The van der Waals surface area contributed by atoms with Crippen LogP contribution in [-0.4, -0.2) is 0 Å². The molecule has 4 atom stereocenters. The lowest BCUT2D eigenvalue weighted by atomic mass is 9.21. The monoisotopic (exact) mass is 430 g/mol. The Bertz CT molecular complexity index is 1180. The summed E-state index contributed by atoms with van der Waals surface area (Å²) in [5.41, 5.74) is 6.58. The van der Waals surface area contributed by atoms with Gasteiger partial charge in [0.15, 0.2) is 0 Å². The van der Waals surface area contributed by atoms with Crippen LogP contribution < -0.4 is 0 Å². The Labute approximate surface area is 198 Å². The van der Waals surface area contributed by atoms with E-state index in [1.165, 1.54) is 38.5 Å². The van der Waals surface area contributed by atoms with Crippen molar-refractivity contribution >= 4 is 0 Å². The van der Waals surface area contributed by atoms with Crippen molar-refractivity contribution in [2.75, 3.05) is 0 Å². The van der Waals surface area contributed by atoms with E-state index in [0.717, 1.165) is 23.7 Å². The average molecular weight is 431 g/mol. The number of hydrogen-bond donors (Lipinski definition) is 0. The van der Waals surface area contributed by atoms with Crippen LogP contribution in [0.3, 0.4) is 0 Å². The van der Waals surface area contributed by atoms with E-state index in [-0.39, 0.29) is 0 Å². The third kappa shape index (κ3) is 2.11. The maximum atomic E-state index is 2.73. The van der Waals surface area contributed by atoms with Gasteiger partial charge in [-0.15, -0.1) is 0 Å². The SMILES string of the molecule is CC12CC3(c4ccccc4)CC4C1CC1(c5ccccc5)CC2C(C3)C4(c2ccccc2)C1. The van der Waals surface area contributed by atoms with Crippen molar-refractivity contribution in [3.63, 3.8) is 0 Å². The van der Waals surface area contributed by atoms with Crippen LogP contribution >= 0.6 is 0 Å². The minimum atomic E-state index is 0.362. The highest BCUT2D eigenvalue weighted by Gasteiger charge is 2.79. The summed E-state index contributed by atoms with van der Waals surface area (Å²) in [7, 11) is 0. The topological polar surface area (TPSA) is 0 Å². The Morgan fingerprint density at radius 3 is 1.36 bits per heavy atom. The van der Waals surface area contributed by atoms with Crippen LogP contribution in [0.25, 0.3) is 0 Å². The number of rotatable bonds is 3. The Morgan fingerprint density at radius 2 is 0.879 bits per heavy atom. The van der Waals surface area contributed by atoms with Gasteiger partial charge in [0.2, 0.25) is 0 Å². The lowest BCUT2D eigenvalue weighted by Gasteiger charge is -2.82. The molecule has 0 amide bonds. The van der Waals surface area contributed by atoms with Gasteiger partial charge < -0.3 is 0 Å². The molecule has 0 aromatic heterocycles. The molecule has 7 fully saturated rings. The highest BCUT2D eigenvalue weighted by molar-refractivity contribution is 5.46. The number of hydrogen-bond acceptors (Lipinski definition) is 0. The van der Waals surface area contributed by atoms with Gasteiger partial charge in [-0.25, -0.2) is 0 Å². The van der Waals surface area contributed by atoms with Crippen LogP contribution in [0.2, 0.25) is 0 Å². The zero-order chi connectivity index (χ0) is 21.9. The maximum absolute atomic E-state index is 2.73. The van der Waals surface area contributed by atoms with Gasteiger partial charge in [-0.3, -0.25) is 0 Å². The third-order valence-corrected chi connectivity index (χ3v) is 11.9. The molecule has 7 aliphatic rings. The Morgan fingerprint density at radius 1 is 0.485 bits per heavy atom. The predicted molar refractivity (Wildman–Crippen MR) is 134 cm³/mol. The first-order chi connectivity index (χ1) is 16.1. The summed E-state index contributed by atoms with van der Waals surface area (Å²) in [6.45, 7) is 2.73. The van der Waals surface area contributed by atoms with Gasteiger partial charge >= 0.3 is 0 Å². The van der Waals surface area contributed by atoms with Crippen molar-refractivity contribution in [3.8, 4) is 0 Å². The van der Waals surface area contributed by atoms with E-state index in [2.05, 4.69) is 97.9 Å². The molecule has 3 aromatic carbocycles. The van der Waals surface area contributed by atoms with Crippen molar-refractivity contribution in [2.45, 2.75) is 61.7 Å². The van der Waals surface area contributed by atoms with Crippen LogP contribution in [0.4, 0.5) is 0 Å². The van der Waals surface area contributed by atoms with Crippen molar-refractivity contribution in [1.82, 2.24) is 0 Å². The van der Waals surface area contributed by atoms with Crippen LogP contribution in [0.15, 0.2) is 91.0 Å². The Kier molecular flexibility index (Phi) is 3.46. The summed E-state index contributed by atoms with van der Waals surface area (Å²) in [6, 6.07) is 35.2. The smallest absolute Gasteiger partial charge is 0.00242 e. The molecule has 0 heterocycles. The molecule has 8 bridgehead atoms. The third-order valence-electron chi connectivity index (χ3n) is 11.9. The van der Waals surface area contributed by atoms with Crippen molar-refractivity contribution < 1.29 is 0 Å². The zero-order valence-electron chi connectivity index (χ0n) is 19.7. The van der Waals surface area contributed by atoms with Gasteiger partial charge in [-0.05, 0) is 95.1 Å². The van der Waals surface area contributed by atoms with Gasteiger partial charge in [-0.2, -0.15) is 0 Å². The lowest BCUT2D eigenvalue weighted by Crippen LogP contribution is -2.78. The van der Waals surface area contributed by atoms with Gasteiger partial charge in [0, 0.05) is 5.41 Å². The van der Waals surface area contributed by atoms with Gasteiger partial charge in [0.05, 0.1) is 0 Å². The molecule has 0 heteroatoms. The molecule has 10 rings (SSSR count). The fourth-order valence-corrected chi connectivity index (χ4v) is 11.1. The summed E-state index contributed by atoms with van der Waals surface area (Å²) < 4.78 is 0. The molecule has 0 nitrogen and oxygen atoms in total. The van der Waals surface area contributed by atoms with Crippen molar-refractivity contribution in [1.29, 1.82) is 0 Å². The van der Waals surface area contributed by atoms with Crippen LogP contribution in [0.5, 0.6) is 0 Å². The summed E-state index contributed by atoms with van der Waals surface area (Å²) in [5.74, 6) is 3.37. The van der Waals surface area contributed by atoms with E-state index in [4.69, 9.17) is 0 Å². The first kappa shape index (κ1) is 19.0. The Hall–Kier alpha value is -2.34. The highest BCUT2D eigenvalue weighted by atomic mass is 14.8. The largest absolute Gasteiger partial charge is 0.0622 e. The van der Waals surface area contributed by atoms with Crippen LogP contribution in [0.1, 0.15) is 62.1 Å². The quantitative estimate of drug-likeness (QED) is 0.400. The molecule has 0 radical (unpaired) electrons. The highest BCUT2D eigenvalue weighted by Crippen LogP contribution is 2.84. The molecule has 7 saturated carbocycles. The van der Waals surface area contributed by atoms with Gasteiger partial charge in [-0.1, -0.05) is 97.9 Å². The molecule has 4 unspecified atom stereocenters. The molecule has 0 N–H and O–H groups in total. The van der Waals surface area contributed by atoms with E-state index in [1.807, 2.05) is 0 Å². The van der Waals surface area contributed by atoms with E-state index in [0.29, 0.717) is 21.7 Å². The summed E-state index contributed by atoms with van der Waals surface area (Å²) in [6.07, 6.45) is 8.43. The van der Waals surface area contributed by atoms with Gasteiger partial charge in [0.25, 0.3) is 0 Å².